The van der Waals surface area contributed by atoms with Crippen molar-refractivity contribution < 1.29 is 32.6 Å². The number of amides is 1. The Labute approximate surface area is 149 Å². The molecule has 26 heavy (non-hydrogen) atoms. The van der Waals surface area contributed by atoms with Crippen LogP contribution in [-0.2, 0) is 20.5 Å². The Hall–Kier alpha value is -2.09. The highest BCUT2D eigenvalue weighted by Crippen LogP contribution is 2.32. The molecule has 1 heterocycles. The maximum atomic E-state index is 12.8. The first kappa shape index (κ1) is 20.2. The summed E-state index contributed by atoms with van der Waals surface area (Å²) in [4.78, 5) is 23.7. The van der Waals surface area contributed by atoms with Gasteiger partial charge in [-0.05, 0) is 30.4 Å². The van der Waals surface area contributed by atoms with Gasteiger partial charge in [-0.3, -0.25) is 9.59 Å². The summed E-state index contributed by atoms with van der Waals surface area (Å²) in [7, 11) is 0. The normalized spacial score (nSPS) is 18.2. The van der Waals surface area contributed by atoms with Crippen molar-refractivity contribution in [1.82, 2.24) is 5.32 Å². The third kappa shape index (κ3) is 4.97. The van der Waals surface area contributed by atoms with Crippen LogP contribution in [0, 0.1) is 5.41 Å². The molecule has 1 aliphatic heterocycles. The fourth-order valence-electron chi connectivity index (χ4n) is 2.99. The molecule has 1 amide bonds. The highest BCUT2D eigenvalue weighted by Gasteiger charge is 2.40. The number of carboxylic acids is 1. The van der Waals surface area contributed by atoms with Crippen molar-refractivity contribution in [2.75, 3.05) is 19.8 Å². The van der Waals surface area contributed by atoms with Gasteiger partial charge in [0.05, 0.1) is 11.0 Å². The Bertz CT molecular complexity index is 654. The third-order valence-electron chi connectivity index (χ3n) is 4.80. The number of halogens is 3. The SMILES string of the molecule is CC(CC(=O)NCC1(C(=O)O)CCOCC1)c1cccc(C(F)(F)F)c1. The molecule has 0 spiro atoms. The molecule has 2 N–H and O–H groups in total. The first-order chi connectivity index (χ1) is 12.1. The van der Waals surface area contributed by atoms with Crippen molar-refractivity contribution in [3.63, 3.8) is 0 Å². The predicted molar refractivity (Wildman–Crippen MR) is 87.6 cm³/mol. The second kappa shape index (κ2) is 8.07. The van der Waals surface area contributed by atoms with Crippen LogP contribution in [0.2, 0.25) is 0 Å². The van der Waals surface area contributed by atoms with Crippen molar-refractivity contribution in [3.05, 3.63) is 35.4 Å². The summed E-state index contributed by atoms with van der Waals surface area (Å²) in [5.41, 5.74) is -1.39. The number of carbonyl (C=O) groups excluding carboxylic acids is 1. The Morgan fingerprint density at radius 1 is 1.31 bits per heavy atom. The second-order valence-corrected chi connectivity index (χ2v) is 6.70. The third-order valence-corrected chi connectivity index (χ3v) is 4.80. The van der Waals surface area contributed by atoms with Crippen molar-refractivity contribution in [2.24, 2.45) is 5.41 Å². The topological polar surface area (TPSA) is 75.6 Å². The van der Waals surface area contributed by atoms with E-state index in [1.54, 1.807) is 13.0 Å². The summed E-state index contributed by atoms with van der Waals surface area (Å²) in [5.74, 6) is -1.79. The average Bonchev–Trinajstić information content (AvgIpc) is 2.60. The molecule has 2 rings (SSSR count). The van der Waals surface area contributed by atoms with Crippen LogP contribution in [0.3, 0.4) is 0 Å². The molecule has 1 saturated heterocycles. The average molecular weight is 373 g/mol. The van der Waals surface area contributed by atoms with Gasteiger partial charge in [-0.15, -0.1) is 0 Å². The predicted octanol–water partition coefficient (Wildman–Crippen LogP) is 3.20. The van der Waals surface area contributed by atoms with Gasteiger partial charge < -0.3 is 15.2 Å². The van der Waals surface area contributed by atoms with Gasteiger partial charge in [0.25, 0.3) is 0 Å². The molecule has 5 nitrogen and oxygen atoms in total. The van der Waals surface area contributed by atoms with Crippen LogP contribution in [-0.4, -0.2) is 36.7 Å². The van der Waals surface area contributed by atoms with Crippen molar-refractivity contribution >= 4 is 11.9 Å². The van der Waals surface area contributed by atoms with Gasteiger partial charge >= 0.3 is 12.1 Å². The minimum absolute atomic E-state index is 0.0141. The van der Waals surface area contributed by atoms with Crippen molar-refractivity contribution in [1.29, 1.82) is 0 Å². The molecule has 0 radical (unpaired) electrons. The van der Waals surface area contributed by atoms with Gasteiger partial charge in [-0.2, -0.15) is 13.2 Å². The van der Waals surface area contributed by atoms with Crippen molar-refractivity contribution in [2.45, 2.75) is 38.3 Å². The van der Waals surface area contributed by atoms with Crippen LogP contribution in [0.25, 0.3) is 0 Å². The number of benzene rings is 1. The van der Waals surface area contributed by atoms with E-state index in [2.05, 4.69) is 5.32 Å². The maximum Gasteiger partial charge on any atom is 0.416 e. The lowest BCUT2D eigenvalue weighted by Gasteiger charge is -2.33. The number of alkyl halides is 3. The molecule has 1 aromatic rings. The van der Waals surface area contributed by atoms with Crippen molar-refractivity contribution in [3.8, 4) is 0 Å². The summed E-state index contributed by atoms with van der Waals surface area (Å²) in [6, 6.07) is 4.88. The monoisotopic (exact) mass is 373 g/mol. The fraction of sp³-hybridized carbons (Fsp3) is 0.556. The molecule has 144 valence electrons. The minimum Gasteiger partial charge on any atom is -0.481 e. The molecular formula is C18H22F3NO4. The summed E-state index contributed by atoms with van der Waals surface area (Å²) < 4.78 is 43.6. The summed E-state index contributed by atoms with van der Waals surface area (Å²) >= 11 is 0. The molecule has 1 aromatic carbocycles. The van der Waals surface area contributed by atoms with Crippen LogP contribution >= 0.6 is 0 Å². The lowest BCUT2D eigenvalue weighted by molar-refractivity contribution is -0.154. The lowest BCUT2D eigenvalue weighted by Crippen LogP contribution is -2.46. The van der Waals surface area contributed by atoms with E-state index in [-0.39, 0.29) is 18.9 Å². The number of rotatable bonds is 6. The Balaban J connectivity index is 1.96. The highest BCUT2D eigenvalue weighted by molar-refractivity contribution is 5.79. The van der Waals surface area contributed by atoms with Gasteiger partial charge in [-0.25, -0.2) is 0 Å². The quantitative estimate of drug-likeness (QED) is 0.803. The summed E-state index contributed by atoms with van der Waals surface area (Å²) in [6.07, 6.45) is -3.83. The zero-order valence-corrected chi connectivity index (χ0v) is 14.4. The number of hydrogen-bond acceptors (Lipinski definition) is 3. The first-order valence-electron chi connectivity index (χ1n) is 8.39. The van der Waals surface area contributed by atoms with Crippen LogP contribution in [0.15, 0.2) is 24.3 Å². The number of aliphatic carboxylic acids is 1. The number of nitrogens with one attached hydrogen (secondary N) is 1. The minimum atomic E-state index is -4.44. The van der Waals surface area contributed by atoms with Gasteiger partial charge in [0.1, 0.15) is 0 Å². The van der Waals surface area contributed by atoms with Crippen LogP contribution < -0.4 is 5.32 Å². The molecule has 1 unspecified atom stereocenters. The Morgan fingerprint density at radius 2 is 1.96 bits per heavy atom. The molecule has 8 heteroatoms. The summed E-state index contributed by atoms with van der Waals surface area (Å²) in [5, 5.41) is 12.1. The molecular weight excluding hydrogens is 351 g/mol. The largest absolute Gasteiger partial charge is 0.481 e. The number of hydrogen-bond donors (Lipinski definition) is 2. The Morgan fingerprint density at radius 3 is 2.54 bits per heavy atom. The van der Waals surface area contributed by atoms with E-state index in [0.29, 0.717) is 31.6 Å². The molecule has 0 aromatic heterocycles. The van der Waals surface area contributed by atoms with E-state index in [0.717, 1.165) is 12.1 Å². The van der Waals surface area contributed by atoms with Gasteiger partial charge in [0.15, 0.2) is 0 Å². The van der Waals surface area contributed by atoms with Crippen LogP contribution in [0.1, 0.15) is 43.2 Å². The van der Waals surface area contributed by atoms with Gasteiger partial charge in [-0.1, -0.05) is 25.1 Å². The van der Waals surface area contributed by atoms with E-state index >= 15 is 0 Å². The zero-order valence-electron chi connectivity index (χ0n) is 14.4. The van der Waals surface area contributed by atoms with Gasteiger partial charge in [0.2, 0.25) is 5.91 Å². The standard InChI is InChI=1S/C18H22F3NO4/c1-12(13-3-2-4-14(10-13)18(19,20)21)9-15(23)22-11-17(16(24)25)5-7-26-8-6-17/h2-4,10,12H,5-9,11H2,1H3,(H,22,23)(H,24,25). The molecule has 1 fully saturated rings. The fourth-order valence-corrected chi connectivity index (χ4v) is 2.99. The van der Waals surface area contributed by atoms with E-state index in [1.165, 1.54) is 6.07 Å². The zero-order chi connectivity index (χ0) is 19.4. The van der Waals surface area contributed by atoms with Crippen LogP contribution in [0.5, 0.6) is 0 Å². The molecule has 0 bridgehead atoms. The van der Waals surface area contributed by atoms with Crippen LogP contribution in [0.4, 0.5) is 13.2 Å². The van der Waals surface area contributed by atoms with E-state index in [1.807, 2.05) is 0 Å². The first-order valence-corrected chi connectivity index (χ1v) is 8.39. The molecule has 1 atom stereocenters. The van der Waals surface area contributed by atoms with E-state index < -0.39 is 29.0 Å². The number of carboxylic acid groups (broad SMARTS) is 1. The maximum absolute atomic E-state index is 12.8. The number of ether oxygens (including phenoxy) is 1. The van der Waals surface area contributed by atoms with E-state index in [4.69, 9.17) is 4.74 Å². The molecule has 1 aliphatic rings. The molecule has 0 saturated carbocycles. The highest BCUT2D eigenvalue weighted by atomic mass is 19.4. The van der Waals surface area contributed by atoms with E-state index in [9.17, 15) is 27.9 Å². The molecule has 0 aliphatic carbocycles. The number of carbonyl (C=O) groups is 2. The lowest BCUT2D eigenvalue weighted by atomic mass is 9.80. The Kier molecular flexibility index (Phi) is 6.28. The summed E-state index contributed by atoms with van der Waals surface area (Å²) in [6.45, 7) is 2.29. The second-order valence-electron chi connectivity index (χ2n) is 6.70. The van der Waals surface area contributed by atoms with Gasteiger partial charge in [0, 0.05) is 26.2 Å². The smallest absolute Gasteiger partial charge is 0.416 e.